The number of alkyl halides is 2. The molecule has 10 heteroatoms. The third-order valence-corrected chi connectivity index (χ3v) is 2.70. The quantitative estimate of drug-likeness (QED) is 0.176. The second-order valence-corrected chi connectivity index (χ2v) is 4.25. The number of halogens is 2. The molecule has 132 valence electrons. The number of methoxy groups -OCH3 is 1. The highest BCUT2D eigenvalue weighted by molar-refractivity contribution is 5.98. The SMILES string of the molecule is C=CCOC(=O)/C(C#N)=C/c1cc(OC)c(OC(F)F)cc1[N+](=O)[O-]. The number of nitriles is 1. The van der Waals surface area contributed by atoms with Crippen molar-refractivity contribution in [2.24, 2.45) is 0 Å². The first kappa shape index (κ1) is 19.6. The van der Waals surface area contributed by atoms with Crippen molar-refractivity contribution in [3.63, 3.8) is 0 Å². The summed E-state index contributed by atoms with van der Waals surface area (Å²) < 4.78 is 38.5. The molecule has 0 heterocycles. The lowest BCUT2D eigenvalue weighted by atomic mass is 10.1. The number of hydrogen-bond donors (Lipinski definition) is 0. The minimum atomic E-state index is -3.22. The number of rotatable bonds is 8. The largest absolute Gasteiger partial charge is 0.493 e. The van der Waals surface area contributed by atoms with E-state index in [0.29, 0.717) is 6.07 Å². The van der Waals surface area contributed by atoms with E-state index in [4.69, 9.17) is 10.00 Å². The van der Waals surface area contributed by atoms with Crippen molar-refractivity contribution in [2.45, 2.75) is 6.61 Å². The molecule has 0 amide bonds. The van der Waals surface area contributed by atoms with E-state index in [1.807, 2.05) is 0 Å². The molecule has 0 spiro atoms. The number of benzene rings is 1. The molecule has 0 aliphatic rings. The van der Waals surface area contributed by atoms with E-state index < -0.39 is 34.5 Å². The average molecular weight is 354 g/mol. The van der Waals surface area contributed by atoms with Crippen LogP contribution in [0.15, 0.2) is 30.4 Å². The first-order valence-corrected chi connectivity index (χ1v) is 6.55. The second-order valence-electron chi connectivity index (χ2n) is 4.25. The van der Waals surface area contributed by atoms with Gasteiger partial charge in [0.15, 0.2) is 11.5 Å². The zero-order chi connectivity index (χ0) is 19.0. The molecule has 0 unspecified atom stereocenters. The average Bonchev–Trinajstić information content (AvgIpc) is 2.57. The Labute approximate surface area is 140 Å². The van der Waals surface area contributed by atoms with Crippen molar-refractivity contribution in [2.75, 3.05) is 13.7 Å². The molecule has 0 radical (unpaired) electrons. The fourth-order valence-corrected chi connectivity index (χ4v) is 1.69. The van der Waals surface area contributed by atoms with Crippen molar-refractivity contribution in [3.05, 3.63) is 46.0 Å². The van der Waals surface area contributed by atoms with Gasteiger partial charge in [-0.25, -0.2) is 4.79 Å². The van der Waals surface area contributed by atoms with Crippen LogP contribution < -0.4 is 9.47 Å². The zero-order valence-corrected chi connectivity index (χ0v) is 12.9. The van der Waals surface area contributed by atoms with Crippen LogP contribution in [-0.2, 0) is 9.53 Å². The van der Waals surface area contributed by atoms with Gasteiger partial charge in [-0.2, -0.15) is 14.0 Å². The molecule has 25 heavy (non-hydrogen) atoms. The van der Waals surface area contributed by atoms with Crippen LogP contribution in [0.4, 0.5) is 14.5 Å². The summed E-state index contributed by atoms with van der Waals surface area (Å²) in [5.41, 5.74) is -1.43. The van der Waals surface area contributed by atoms with Gasteiger partial charge in [0, 0.05) is 0 Å². The van der Waals surface area contributed by atoms with Crippen LogP contribution in [0.25, 0.3) is 6.08 Å². The molecule has 0 aromatic heterocycles. The van der Waals surface area contributed by atoms with Crippen LogP contribution in [0, 0.1) is 21.4 Å². The Morgan fingerprint density at radius 2 is 2.16 bits per heavy atom. The summed E-state index contributed by atoms with van der Waals surface area (Å²) in [4.78, 5) is 22.0. The molecular formula is C15H12F2N2O6. The van der Waals surface area contributed by atoms with Gasteiger partial charge < -0.3 is 14.2 Å². The fourth-order valence-electron chi connectivity index (χ4n) is 1.69. The molecule has 0 fully saturated rings. The smallest absolute Gasteiger partial charge is 0.387 e. The number of nitrogens with zero attached hydrogens (tertiary/aromatic N) is 2. The molecule has 0 aliphatic heterocycles. The molecule has 0 bridgehead atoms. The number of nitro groups is 1. The third kappa shape index (κ3) is 5.28. The number of esters is 1. The summed E-state index contributed by atoms with van der Waals surface area (Å²) in [5, 5.41) is 20.2. The number of carbonyl (C=O) groups is 1. The van der Waals surface area contributed by atoms with Crippen LogP contribution >= 0.6 is 0 Å². The molecule has 0 atom stereocenters. The standard InChI is InChI=1S/C15H12F2N2O6/c1-3-4-24-14(20)10(8-18)5-9-6-12(23-2)13(25-15(16)17)7-11(9)19(21)22/h3,5-7,15H,1,4H2,2H3/b10-5+. The van der Waals surface area contributed by atoms with Gasteiger partial charge in [-0.15, -0.1) is 0 Å². The summed E-state index contributed by atoms with van der Waals surface area (Å²) in [7, 11) is 1.14. The van der Waals surface area contributed by atoms with Gasteiger partial charge in [0.25, 0.3) is 5.69 Å². The Bertz CT molecular complexity index is 755. The lowest BCUT2D eigenvalue weighted by Gasteiger charge is -2.11. The molecule has 0 N–H and O–H groups in total. The Hall–Kier alpha value is -3.48. The number of hydrogen-bond acceptors (Lipinski definition) is 7. The van der Waals surface area contributed by atoms with Gasteiger partial charge in [0.05, 0.1) is 23.7 Å². The Balaban J connectivity index is 3.44. The van der Waals surface area contributed by atoms with Gasteiger partial charge in [0.2, 0.25) is 0 Å². The maximum Gasteiger partial charge on any atom is 0.387 e. The van der Waals surface area contributed by atoms with E-state index in [-0.39, 0.29) is 17.9 Å². The van der Waals surface area contributed by atoms with Crippen molar-refractivity contribution in [1.82, 2.24) is 0 Å². The van der Waals surface area contributed by atoms with Crippen LogP contribution in [-0.4, -0.2) is 31.2 Å². The maximum atomic E-state index is 12.4. The lowest BCUT2D eigenvalue weighted by Crippen LogP contribution is -2.07. The second kappa shape index (κ2) is 8.97. The predicted molar refractivity (Wildman–Crippen MR) is 81.0 cm³/mol. The third-order valence-electron chi connectivity index (χ3n) is 2.70. The van der Waals surface area contributed by atoms with E-state index in [1.54, 1.807) is 6.07 Å². The minimum Gasteiger partial charge on any atom is -0.493 e. The van der Waals surface area contributed by atoms with Crippen molar-refractivity contribution < 1.29 is 32.7 Å². The monoisotopic (exact) mass is 354 g/mol. The molecular weight excluding hydrogens is 342 g/mol. The molecule has 1 aromatic carbocycles. The highest BCUT2D eigenvalue weighted by atomic mass is 19.3. The van der Waals surface area contributed by atoms with Crippen molar-refractivity contribution in [3.8, 4) is 17.6 Å². The first-order valence-electron chi connectivity index (χ1n) is 6.55. The van der Waals surface area contributed by atoms with Gasteiger partial charge in [0.1, 0.15) is 18.2 Å². The van der Waals surface area contributed by atoms with Crippen LogP contribution in [0.3, 0.4) is 0 Å². The Morgan fingerprint density at radius 3 is 2.64 bits per heavy atom. The molecule has 8 nitrogen and oxygen atoms in total. The van der Waals surface area contributed by atoms with Crippen LogP contribution in [0.5, 0.6) is 11.5 Å². The van der Waals surface area contributed by atoms with E-state index >= 15 is 0 Å². The maximum absolute atomic E-state index is 12.4. The molecule has 0 aliphatic carbocycles. The van der Waals surface area contributed by atoms with Gasteiger partial charge in [-0.3, -0.25) is 10.1 Å². The fraction of sp³-hybridized carbons (Fsp3) is 0.200. The number of carbonyl (C=O) groups excluding carboxylic acids is 1. The summed E-state index contributed by atoms with van der Waals surface area (Å²) in [5.74, 6) is -1.83. The first-order chi connectivity index (χ1) is 11.8. The summed E-state index contributed by atoms with van der Waals surface area (Å²) in [6.07, 6.45) is 2.16. The van der Waals surface area contributed by atoms with Crippen LogP contribution in [0.2, 0.25) is 0 Å². The van der Waals surface area contributed by atoms with E-state index in [9.17, 15) is 23.7 Å². The normalized spacial score (nSPS) is 10.8. The predicted octanol–water partition coefficient (Wildman–Crippen LogP) is 2.84. The van der Waals surface area contributed by atoms with Gasteiger partial charge in [-0.05, 0) is 12.1 Å². The summed E-state index contributed by atoms with van der Waals surface area (Å²) in [6, 6.07) is 3.25. The minimum absolute atomic E-state index is 0.162. The summed E-state index contributed by atoms with van der Waals surface area (Å²) in [6.45, 7) is -0.0515. The Morgan fingerprint density at radius 1 is 1.48 bits per heavy atom. The Kier molecular flexibility index (Phi) is 7.02. The molecule has 1 aromatic rings. The highest BCUT2D eigenvalue weighted by Crippen LogP contribution is 2.36. The lowest BCUT2D eigenvalue weighted by molar-refractivity contribution is -0.385. The van der Waals surface area contributed by atoms with Crippen molar-refractivity contribution in [1.29, 1.82) is 5.26 Å². The van der Waals surface area contributed by atoms with Crippen LogP contribution in [0.1, 0.15) is 5.56 Å². The van der Waals surface area contributed by atoms with E-state index in [2.05, 4.69) is 16.1 Å². The molecule has 1 rings (SSSR count). The highest BCUT2D eigenvalue weighted by Gasteiger charge is 2.22. The zero-order valence-electron chi connectivity index (χ0n) is 12.9. The van der Waals surface area contributed by atoms with Gasteiger partial charge in [-0.1, -0.05) is 12.7 Å². The van der Waals surface area contributed by atoms with E-state index in [1.165, 1.54) is 6.08 Å². The number of nitro benzene ring substituents is 1. The summed E-state index contributed by atoms with van der Waals surface area (Å²) >= 11 is 0. The molecule has 0 saturated heterocycles. The van der Waals surface area contributed by atoms with Gasteiger partial charge >= 0.3 is 12.6 Å². The molecule has 0 saturated carbocycles. The topological polar surface area (TPSA) is 112 Å². The number of ether oxygens (including phenoxy) is 3. The van der Waals surface area contributed by atoms with E-state index in [0.717, 1.165) is 19.3 Å². The van der Waals surface area contributed by atoms with Crippen molar-refractivity contribution >= 4 is 17.7 Å².